The second kappa shape index (κ2) is 7.43. The fraction of sp³-hybridized carbons (Fsp3) is 0.150. The Bertz CT molecular complexity index is 1110. The molecule has 0 unspecified atom stereocenters. The van der Waals surface area contributed by atoms with Crippen LogP contribution in [0.15, 0.2) is 52.1 Å². The number of benzene rings is 2. The number of rotatable bonds is 6. The van der Waals surface area contributed by atoms with Gasteiger partial charge in [-0.1, -0.05) is 12.1 Å². The Kier molecular flexibility index (Phi) is 5.04. The van der Waals surface area contributed by atoms with Gasteiger partial charge in [0.05, 0.1) is 18.4 Å². The van der Waals surface area contributed by atoms with Gasteiger partial charge in [-0.3, -0.25) is 14.4 Å². The van der Waals surface area contributed by atoms with E-state index in [0.29, 0.717) is 11.4 Å². The van der Waals surface area contributed by atoms with E-state index in [4.69, 9.17) is 4.74 Å². The first-order chi connectivity index (χ1) is 13.3. The number of amides is 1. The highest BCUT2D eigenvalue weighted by Gasteiger charge is 2.23. The SMILES string of the molecule is COc1cccc(Nc2c(Nc3cccc(C(=O)N(C)C)c3O)c(=O)c2=O)c1. The zero-order chi connectivity index (χ0) is 20.4. The van der Waals surface area contributed by atoms with Gasteiger partial charge in [0.2, 0.25) is 0 Å². The van der Waals surface area contributed by atoms with Crippen molar-refractivity contribution < 1.29 is 14.6 Å². The minimum Gasteiger partial charge on any atom is -0.505 e. The topological polar surface area (TPSA) is 108 Å². The molecule has 8 nitrogen and oxygen atoms in total. The van der Waals surface area contributed by atoms with Crippen LogP contribution in [-0.4, -0.2) is 37.1 Å². The first-order valence-electron chi connectivity index (χ1n) is 8.38. The number of para-hydroxylation sites is 1. The van der Waals surface area contributed by atoms with Crippen molar-refractivity contribution in [2.45, 2.75) is 0 Å². The molecular formula is C20H19N3O5. The largest absolute Gasteiger partial charge is 0.505 e. The minimum absolute atomic E-state index is 0.0116. The molecule has 3 aromatic rings. The molecule has 3 rings (SSSR count). The first-order valence-corrected chi connectivity index (χ1v) is 8.38. The molecule has 0 saturated carbocycles. The van der Waals surface area contributed by atoms with E-state index in [2.05, 4.69) is 10.6 Å². The first kappa shape index (κ1) is 19.0. The number of nitrogens with zero attached hydrogens (tertiary/aromatic N) is 1. The lowest BCUT2D eigenvalue weighted by molar-refractivity contribution is 0.0824. The van der Waals surface area contributed by atoms with Gasteiger partial charge in [0.1, 0.15) is 17.1 Å². The van der Waals surface area contributed by atoms with Crippen molar-refractivity contribution in [1.29, 1.82) is 0 Å². The van der Waals surface area contributed by atoms with E-state index in [-0.39, 0.29) is 34.3 Å². The predicted molar refractivity (Wildman–Crippen MR) is 107 cm³/mol. The predicted octanol–water partition coefficient (Wildman–Crippen LogP) is 2.19. The Morgan fingerprint density at radius 2 is 1.64 bits per heavy atom. The highest BCUT2D eigenvalue weighted by atomic mass is 16.5. The van der Waals surface area contributed by atoms with Crippen LogP contribution in [0.1, 0.15) is 10.4 Å². The number of methoxy groups -OCH3 is 1. The second-order valence-electron chi connectivity index (χ2n) is 6.29. The molecule has 28 heavy (non-hydrogen) atoms. The van der Waals surface area contributed by atoms with Gasteiger partial charge in [-0.25, -0.2) is 0 Å². The van der Waals surface area contributed by atoms with E-state index in [0.717, 1.165) is 0 Å². The molecule has 3 N–H and O–H groups in total. The van der Waals surface area contributed by atoms with Gasteiger partial charge in [-0.15, -0.1) is 0 Å². The minimum atomic E-state index is -0.714. The van der Waals surface area contributed by atoms with Crippen LogP contribution in [0.5, 0.6) is 11.5 Å². The molecule has 0 aliphatic heterocycles. The van der Waals surface area contributed by atoms with E-state index < -0.39 is 10.9 Å². The summed E-state index contributed by atoms with van der Waals surface area (Å²) >= 11 is 0. The Morgan fingerprint density at radius 3 is 2.29 bits per heavy atom. The van der Waals surface area contributed by atoms with Crippen LogP contribution in [0.2, 0.25) is 0 Å². The number of carbonyl (C=O) groups is 1. The van der Waals surface area contributed by atoms with Crippen LogP contribution in [0.3, 0.4) is 0 Å². The number of phenols is 1. The van der Waals surface area contributed by atoms with Crippen molar-refractivity contribution in [1.82, 2.24) is 4.90 Å². The molecular weight excluding hydrogens is 362 g/mol. The molecule has 0 radical (unpaired) electrons. The Morgan fingerprint density at radius 1 is 1.00 bits per heavy atom. The fourth-order valence-corrected chi connectivity index (χ4v) is 2.67. The maximum atomic E-state index is 12.1. The zero-order valence-corrected chi connectivity index (χ0v) is 15.6. The van der Waals surface area contributed by atoms with Crippen molar-refractivity contribution in [2.24, 2.45) is 0 Å². The summed E-state index contributed by atoms with van der Waals surface area (Å²) in [6.07, 6.45) is 0. The smallest absolute Gasteiger partial charge is 0.257 e. The van der Waals surface area contributed by atoms with E-state index >= 15 is 0 Å². The van der Waals surface area contributed by atoms with Crippen LogP contribution in [0.25, 0.3) is 0 Å². The molecule has 0 atom stereocenters. The quantitative estimate of drug-likeness (QED) is 0.444. The summed E-state index contributed by atoms with van der Waals surface area (Å²) in [5.41, 5.74) is -0.515. The molecule has 0 aliphatic carbocycles. The molecule has 0 heterocycles. The van der Waals surface area contributed by atoms with Gasteiger partial charge in [0.15, 0.2) is 5.75 Å². The molecule has 144 valence electrons. The van der Waals surface area contributed by atoms with Gasteiger partial charge in [-0.2, -0.15) is 0 Å². The van der Waals surface area contributed by atoms with E-state index in [1.54, 1.807) is 44.4 Å². The Labute approximate surface area is 160 Å². The van der Waals surface area contributed by atoms with Gasteiger partial charge < -0.3 is 25.4 Å². The number of aromatic hydroxyl groups is 1. The second-order valence-corrected chi connectivity index (χ2v) is 6.29. The number of anilines is 4. The summed E-state index contributed by atoms with van der Waals surface area (Å²) in [6, 6.07) is 11.4. The fourth-order valence-electron chi connectivity index (χ4n) is 2.67. The molecule has 1 amide bonds. The van der Waals surface area contributed by atoms with Crippen LogP contribution >= 0.6 is 0 Å². The molecule has 3 aromatic carbocycles. The van der Waals surface area contributed by atoms with Crippen LogP contribution < -0.4 is 26.2 Å². The summed E-state index contributed by atoms with van der Waals surface area (Å²) < 4.78 is 5.14. The van der Waals surface area contributed by atoms with Crippen LogP contribution in [-0.2, 0) is 0 Å². The Hall–Kier alpha value is -3.81. The van der Waals surface area contributed by atoms with Gasteiger partial charge in [0.25, 0.3) is 16.8 Å². The van der Waals surface area contributed by atoms with Crippen LogP contribution in [0.4, 0.5) is 22.7 Å². The molecule has 0 aromatic heterocycles. The molecule has 0 fully saturated rings. The highest BCUT2D eigenvalue weighted by Crippen LogP contribution is 2.33. The van der Waals surface area contributed by atoms with Crippen molar-refractivity contribution in [2.75, 3.05) is 31.8 Å². The lowest BCUT2D eigenvalue weighted by atomic mass is 10.1. The average Bonchev–Trinajstić information content (AvgIpc) is 2.70. The monoisotopic (exact) mass is 381 g/mol. The normalized spacial score (nSPS) is 10.5. The van der Waals surface area contributed by atoms with E-state index in [1.807, 2.05) is 0 Å². The maximum Gasteiger partial charge on any atom is 0.257 e. The number of hydrogen-bond acceptors (Lipinski definition) is 7. The molecule has 0 spiro atoms. The van der Waals surface area contributed by atoms with Gasteiger partial charge in [-0.05, 0) is 24.3 Å². The number of hydrogen-bond donors (Lipinski definition) is 3. The lowest BCUT2D eigenvalue weighted by Gasteiger charge is -2.17. The Balaban J connectivity index is 1.92. The number of ether oxygens (including phenoxy) is 1. The third-order valence-electron chi connectivity index (χ3n) is 4.18. The summed E-state index contributed by atoms with van der Waals surface area (Å²) in [6.45, 7) is 0. The van der Waals surface area contributed by atoms with Crippen LogP contribution in [0, 0.1) is 0 Å². The summed E-state index contributed by atoms with van der Waals surface area (Å²) in [5.74, 6) is -0.104. The third kappa shape index (κ3) is 3.39. The van der Waals surface area contributed by atoms with Gasteiger partial charge in [0, 0.05) is 25.8 Å². The molecule has 0 aliphatic rings. The van der Waals surface area contributed by atoms with E-state index in [9.17, 15) is 19.5 Å². The summed E-state index contributed by atoms with van der Waals surface area (Å²) in [7, 11) is 4.65. The summed E-state index contributed by atoms with van der Waals surface area (Å²) in [5, 5.41) is 16.1. The third-order valence-corrected chi connectivity index (χ3v) is 4.18. The lowest BCUT2D eigenvalue weighted by Crippen LogP contribution is -2.35. The standard InChI is InChI=1S/C20H19N3O5/c1-23(2)20(27)13-8-5-9-14(17(13)24)22-16-15(18(25)19(16)26)21-11-6-4-7-12(10-11)28-3/h4-10,21-22,24H,1-3H3. The van der Waals surface area contributed by atoms with Crippen molar-refractivity contribution in [3.63, 3.8) is 0 Å². The molecule has 0 saturated heterocycles. The zero-order valence-electron chi connectivity index (χ0n) is 15.6. The average molecular weight is 381 g/mol. The summed E-state index contributed by atoms with van der Waals surface area (Å²) in [4.78, 5) is 37.5. The van der Waals surface area contributed by atoms with E-state index in [1.165, 1.54) is 24.1 Å². The van der Waals surface area contributed by atoms with Crippen molar-refractivity contribution in [3.8, 4) is 11.5 Å². The number of phenolic OH excluding ortho intramolecular Hbond substituents is 1. The van der Waals surface area contributed by atoms with Gasteiger partial charge >= 0.3 is 0 Å². The van der Waals surface area contributed by atoms with Crippen molar-refractivity contribution >= 4 is 28.7 Å². The maximum absolute atomic E-state index is 12.1. The van der Waals surface area contributed by atoms with Crippen molar-refractivity contribution in [3.05, 3.63) is 68.5 Å². The molecule has 8 heteroatoms. The highest BCUT2D eigenvalue weighted by molar-refractivity contribution is 5.99. The molecule has 0 bridgehead atoms. The number of nitrogens with one attached hydrogen (secondary N) is 2. The number of carbonyl (C=O) groups excluding carboxylic acids is 1.